The Morgan fingerprint density at radius 2 is 1.58 bits per heavy atom. The van der Waals surface area contributed by atoms with Crippen molar-refractivity contribution in [2.45, 2.75) is 30.2 Å². The van der Waals surface area contributed by atoms with Crippen molar-refractivity contribution in [3.05, 3.63) is 53.6 Å². The highest BCUT2D eigenvalue weighted by atomic mass is 32.2. The highest BCUT2D eigenvalue weighted by Gasteiger charge is 2.48. The molecule has 6 heteroatoms. The lowest BCUT2D eigenvalue weighted by Crippen LogP contribution is -2.34. The minimum Gasteiger partial charge on any atom is -0.493 e. The van der Waals surface area contributed by atoms with Crippen LogP contribution >= 0.6 is 0 Å². The van der Waals surface area contributed by atoms with Crippen LogP contribution in [0.1, 0.15) is 24.0 Å². The highest BCUT2D eigenvalue weighted by Crippen LogP contribution is 2.48. The third-order valence-electron chi connectivity index (χ3n) is 4.35. The molecule has 0 saturated heterocycles. The van der Waals surface area contributed by atoms with E-state index in [2.05, 4.69) is 4.72 Å². The molecule has 0 atom stereocenters. The Morgan fingerprint density at radius 1 is 0.958 bits per heavy atom. The van der Waals surface area contributed by atoms with Gasteiger partial charge >= 0.3 is 0 Å². The van der Waals surface area contributed by atoms with Gasteiger partial charge in [0.05, 0.1) is 24.7 Å². The maximum atomic E-state index is 12.7. The largest absolute Gasteiger partial charge is 0.493 e. The maximum absolute atomic E-state index is 12.7. The molecule has 0 unspecified atom stereocenters. The van der Waals surface area contributed by atoms with E-state index in [1.54, 1.807) is 44.6 Å². The number of methoxy groups -OCH3 is 2. The number of hydrogen-bond donors (Lipinski definition) is 1. The summed E-state index contributed by atoms with van der Waals surface area (Å²) in [5, 5.41) is 0. The molecule has 1 aliphatic carbocycles. The van der Waals surface area contributed by atoms with Crippen molar-refractivity contribution in [3.63, 3.8) is 0 Å². The molecule has 1 saturated carbocycles. The smallest absolute Gasteiger partial charge is 0.241 e. The van der Waals surface area contributed by atoms with E-state index in [9.17, 15) is 8.42 Å². The zero-order chi connectivity index (χ0) is 17.4. The molecule has 1 aliphatic rings. The highest BCUT2D eigenvalue weighted by molar-refractivity contribution is 7.89. The second kappa shape index (κ2) is 6.11. The Morgan fingerprint density at radius 3 is 2.12 bits per heavy atom. The van der Waals surface area contributed by atoms with Gasteiger partial charge in [0, 0.05) is 0 Å². The number of hydrogen-bond acceptors (Lipinski definition) is 4. The van der Waals surface area contributed by atoms with Crippen LogP contribution < -0.4 is 14.2 Å². The summed E-state index contributed by atoms with van der Waals surface area (Å²) in [7, 11) is -0.437. The van der Waals surface area contributed by atoms with E-state index >= 15 is 0 Å². The predicted octanol–water partition coefficient (Wildman–Crippen LogP) is 2.98. The Bertz CT molecular complexity index is 840. The molecule has 0 bridgehead atoms. The van der Waals surface area contributed by atoms with E-state index in [4.69, 9.17) is 9.47 Å². The first kappa shape index (κ1) is 16.8. The summed E-state index contributed by atoms with van der Waals surface area (Å²) in [5.41, 5.74) is 1.34. The summed E-state index contributed by atoms with van der Waals surface area (Å²) in [6.07, 6.45) is 1.52. The average Bonchev–Trinajstić information content (AvgIpc) is 3.34. The molecule has 0 amide bonds. The number of sulfonamides is 1. The van der Waals surface area contributed by atoms with Crippen LogP contribution in [0.4, 0.5) is 0 Å². The van der Waals surface area contributed by atoms with Gasteiger partial charge in [-0.05, 0) is 49.6 Å². The minimum atomic E-state index is -3.58. The molecule has 24 heavy (non-hydrogen) atoms. The first-order valence-electron chi connectivity index (χ1n) is 7.73. The van der Waals surface area contributed by atoms with Crippen molar-refractivity contribution in [1.29, 1.82) is 0 Å². The zero-order valence-corrected chi connectivity index (χ0v) is 14.8. The van der Waals surface area contributed by atoms with Gasteiger partial charge in [-0.15, -0.1) is 0 Å². The van der Waals surface area contributed by atoms with Crippen LogP contribution in [0, 0.1) is 6.92 Å². The molecule has 0 aromatic heterocycles. The number of benzene rings is 2. The fourth-order valence-electron chi connectivity index (χ4n) is 2.74. The second-order valence-corrected chi connectivity index (χ2v) is 7.75. The number of rotatable bonds is 6. The number of aryl methyl sites for hydroxylation is 1. The average molecular weight is 347 g/mol. The Kier molecular flexibility index (Phi) is 4.27. The van der Waals surface area contributed by atoms with Gasteiger partial charge in [-0.3, -0.25) is 0 Å². The summed E-state index contributed by atoms with van der Waals surface area (Å²) in [6, 6.07) is 12.4. The number of nitrogens with one attached hydrogen (secondary N) is 1. The van der Waals surface area contributed by atoms with Gasteiger partial charge in [0.2, 0.25) is 10.0 Å². The molecule has 2 aromatic rings. The molecule has 2 aromatic carbocycles. The van der Waals surface area contributed by atoms with Crippen LogP contribution in [0.3, 0.4) is 0 Å². The molecule has 0 radical (unpaired) electrons. The van der Waals surface area contributed by atoms with E-state index in [-0.39, 0.29) is 4.90 Å². The van der Waals surface area contributed by atoms with Crippen molar-refractivity contribution in [1.82, 2.24) is 4.72 Å². The van der Waals surface area contributed by atoms with Gasteiger partial charge in [0.25, 0.3) is 0 Å². The van der Waals surface area contributed by atoms with E-state index in [0.29, 0.717) is 11.5 Å². The fraction of sp³-hybridized carbons (Fsp3) is 0.333. The molecular weight excluding hydrogens is 326 g/mol. The van der Waals surface area contributed by atoms with Gasteiger partial charge in [0.15, 0.2) is 11.5 Å². The Labute approximate surface area is 142 Å². The quantitative estimate of drug-likeness (QED) is 0.872. The molecule has 1 N–H and O–H groups in total. The van der Waals surface area contributed by atoms with Crippen molar-refractivity contribution < 1.29 is 17.9 Å². The fourth-order valence-corrected chi connectivity index (χ4v) is 4.19. The standard InChI is InChI=1S/C18H21NO4S/c1-13-4-7-15(8-5-13)24(20,21)19-18(10-11-18)14-6-9-16(22-2)17(12-14)23-3/h4-9,12,19H,10-11H2,1-3H3. The Balaban J connectivity index is 1.90. The third kappa shape index (κ3) is 3.12. The van der Waals surface area contributed by atoms with E-state index < -0.39 is 15.6 Å². The molecule has 128 valence electrons. The first-order chi connectivity index (χ1) is 11.4. The third-order valence-corrected chi connectivity index (χ3v) is 5.90. The lowest BCUT2D eigenvalue weighted by atomic mass is 10.1. The van der Waals surface area contributed by atoms with Gasteiger partial charge in [-0.2, -0.15) is 0 Å². The van der Waals surface area contributed by atoms with Crippen molar-refractivity contribution in [2.75, 3.05) is 14.2 Å². The molecular formula is C18H21NO4S. The van der Waals surface area contributed by atoms with Crippen LogP contribution in [0.5, 0.6) is 11.5 Å². The summed E-state index contributed by atoms with van der Waals surface area (Å²) < 4.78 is 38.8. The second-order valence-electron chi connectivity index (χ2n) is 6.07. The van der Waals surface area contributed by atoms with E-state index in [0.717, 1.165) is 24.0 Å². The summed E-state index contributed by atoms with van der Waals surface area (Å²) in [6.45, 7) is 1.93. The van der Waals surface area contributed by atoms with Crippen LogP contribution in [0.2, 0.25) is 0 Å². The first-order valence-corrected chi connectivity index (χ1v) is 9.22. The molecule has 0 heterocycles. The molecule has 0 aliphatic heterocycles. The molecule has 1 fully saturated rings. The normalized spacial score (nSPS) is 15.8. The summed E-state index contributed by atoms with van der Waals surface area (Å²) >= 11 is 0. The van der Waals surface area contributed by atoms with Gasteiger partial charge in [0.1, 0.15) is 0 Å². The van der Waals surface area contributed by atoms with Gasteiger partial charge in [-0.25, -0.2) is 13.1 Å². The van der Waals surface area contributed by atoms with Crippen LogP contribution in [0.25, 0.3) is 0 Å². The van der Waals surface area contributed by atoms with Gasteiger partial charge < -0.3 is 9.47 Å². The predicted molar refractivity (Wildman–Crippen MR) is 92.0 cm³/mol. The lowest BCUT2D eigenvalue weighted by molar-refractivity contribution is 0.354. The lowest BCUT2D eigenvalue weighted by Gasteiger charge is -2.19. The van der Waals surface area contributed by atoms with E-state index in [1.165, 1.54) is 0 Å². The van der Waals surface area contributed by atoms with Crippen LogP contribution in [-0.2, 0) is 15.6 Å². The van der Waals surface area contributed by atoms with Crippen molar-refractivity contribution in [2.24, 2.45) is 0 Å². The van der Waals surface area contributed by atoms with Crippen molar-refractivity contribution >= 4 is 10.0 Å². The van der Waals surface area contributed by atoms with Crippen LogP contribution in [-0.4, -0.2) is 22.6 Å². The van der Waals surface area contributed by atoms with Crippen molar-refractivity contribution in [3.8, 4) is 11.5 Å². The molecule has 3 rings (SSSR count). The molecule has 5 nitrogen and oxygen atoms in total. The monoisotopic (exact) mass is 347 g/mol. The minimum absolute atomic E-state index is 0.278. The van der Waals surface area contributed by atoms with Gasteiger partial charge in [-0.1, -0.05) is 23.8 Å². The summed E-state index contributed by atoms with van der Waals surface area (Å²) in [4.78, 5) is 0.278. The Hall–Kier alpha value is -2.05. The maximum Gasteiger partial charge on any atom is 0.241 e. The summed E-state index contributed by atoms with van der Waals surface area (Å²) in [5.74, 6) is 1.22. The molecule has 0 spiro atoms. The SMILES string of the molecule is COc1ccc(C2(NS(=O)(=O)c3ccc(C)cc3)CC2)cc1OC. The topological polar surface area (TPSA) is 64.6 Å². The zero-order valence-electron chi connectivity index (χ0n) is 14.0. The van der Waals surface area contributed by atoms with Crippen LogP contribution in [0.15, 0.2) is 47.4 Å². The van der Waals surface area contributed by atoms with E-state index in [1.807, 2.05) is 19.1 Å². The number of ether oxygens (including phenoxy) is 2.